The van der Waals surface area contributed by atoms with Gasteiger partial charge in [-0.1, -0.05) is 12.1 Å². The summed E-state index contributed by atoms with van der Waals surface area (Å²) >= 11 is 0. The molecule has 1 aliphatic rings. The highest BCUT2D eigenvalue weighted by atomic mass is 19.1. The first-order chi connectivity index (χ1) is 13.0. The van der Waals surface area contributed by atoms with Crippen molar-refractivity contribution in [2.45, 2.75) is 25.8 Å². The summed E-state index contributed by atoms with van der Waals surface area (Å²) in [6.07, 6.45) is 2.14. The van der Waals surface area contributed by atoms with Crippen LogP contribution in [0.5, 0.6) is 5.75 Å². The molecule has 1 N–H and O–H groups in total. The maximum absolute atomic E-state index is 14.4. The van der Waals surface area contributed by atoms with E-state index in [1.54, 1.807) is 24.3 Å². The molecule has 0 aliphatic carbocycles. The largest absolute Gasteiger partial charge is 0.508 e. The van der Waals surface area contributed by atoms with Crippen LogP contribution in [0, 0.1) is 11.6 Å². The van der Waals surface area contributed by atoms with Crippen molar-refractivity contribution in [3.63, 3.8) is 0 Å². The Labute approximate surface area is 156 Å². The average molecular weight is 366 g/mol. The first-order valence-electron chi connectivity index (χ1n) is 9.05. The van der Waals surface area contributed by atoms with E-state index in [2.05, 4.69) is 11.8 Å². The number of pyridine rings is 1. The molecule has 1 fully saturated rings. The quantitative estimate of drug-likeness (QED) is 0.675. The number of phenolic OH excluding ortho intramolecular Hbond substituents is 1. The Hall–Kier alpha value is -2.95. The van der Waals surface area contributed by atoms with Gasteiger partial charge in [0.15, 0.2) is 0 Å². The minimum atomic E-state index is -0.488. The van der Waals surface area contributed by atoms with Crippen LogP contribution in [0.1, 0.15) is 19.8 Å². The highest BCUT2D eigenvalue weighted by molar-refractivity contribution is 5.75. The van der Waals surface area contributed by atoms with Gasteiger partial charge in [0.25, 0.3) is 0 Å². The van der Waals surface area contributed by atoms with Crippen LogP contribution in [-0.2, 0) is 0 Å². The molecule has 4 rings (SSSR count). The number of halogens is 2. The molecule has 3 aromatic rings. The minimum Gasteiger partial charge on any atom is -0.508 e. The summed E-state index contributed by atoms with van der Waals surface area (Å²) in [5, 5.41) is 9.82. The van der Waals surface area contributed by atoms with E-state index in [1.807, 2.05) is 12.1 Å². The lowest BCUT2D eigenvalue weighted by molar-refractivity contribution is 0.475. The lowest BCUT2D eigenvalue weighted by Gasteiger charge is -2.24. The van der Waals surface area contributed by atoms with Crippen LogP contribution in [-0.4, -0.2) is 22.7 Å². The van der Waals surface area contributed by atoms with Gasteiger partial charge in [0.2, 0.25) is 0 Å². The summed E-state index contributed by atoms with van der Waals surface area (Å²) in [7, 11) is 0. The van der Waals surface area contributed by atoms with E-state index in [4.69, 9.17) is 4.98 Å². The molecule has 1 atom stereocenters. The van der Waals surface area contributed by atoms with Gasteiger partial charge >= 0.3 is 0 Å². The molecule has 2 aromatic carbocycles. The first kappa shape index (κ1) is 17.5. The van der Waals surface area contributed by atoms with Crippen molar-refractivity contribution in [2.75, 3.05) is 11.4 Å². The number of anilines is 1. The van der Waals surface area contributed by atoms with E-state index in [-0.39, 0.29) is 11.3 Å². The molecular formula is C22H20F2N2O. The van der Waals surface area contributed by atoms with Crippen molar-refractivity contribution in [1.82, 2.24) is 4.98 Å². The molecule has 5 heteroatoms. The van der Waals surface area contributed by atoms with Gasteiger partial charge in [-0.3, -0.25) is 0 Å². The SMILES string of the molecule is CC1CCCN1c1cc(-c2cc(F)ccc2F)cc(-c2cccc(O)c2)n1. The molecule has 0 spiro atoms. The fraction of sp³-hybridized carbons (Fsp3) is 0.227. The number of aromatic hydroxyl groups is 1. The third kappa shape index (κ3) is 3.50. The highest BCUT2D eigenvalue weighted by Crippen LogP contribution is 2.34. The van der Waals surface area contributed by atoms with Crippen molar-refractivity contribution in [2.24, 2.45) is 0 Å². The second-order valence-corrected chi connectivity index (χ2v) is 6.96. The summed E-state index contributed by atoms with van der Waals surface area (Å²) in [6.45, 7) is 3.01. The second-order valence-electron chi connectivity index (χ2n) is 6.96. The topological polar surface area (TPSA) is 36.4 Å². The van der Waals surface area contributed by atoms with Gasteiger partial charge < -0.3 is 10.0 Å². The second kappa shape index (κ2) is 6.99. The van der Waals surface area contributed by atoms with Crippen LogP contribution < -0.4 is 4.90 Å². The van der Waals surface area contributed by atoms with E-state index in [0.717, 1.165) is 42.9 Å². The molecule has 0 radical (unpaired) electrons. The maximum Gasteiger partial charge on any atom is 0.131 e. The van der Waals surface area contributed by atoms with E-state index < -0.39 is 11.6 Å². The van der Waals surface area contributed by atoms with Crippen molar-refractivity contribution in [3.05, 3.63) is 66.2 Å². The Morgan fingerprint density at radius 2 is 1.89 bits per heavy atom. The Balaban J connectivity index is 1.90. The summed E-state index contributed by atoms with van der Waals surface area (Å²) in [6, 6.07) is 14.1. The minimum absolute atomic E-state index is 0.132. The van der Waals surface area contributed by atoms with Crippen LogP contribution in [0.15, 0.2) is 54.6 Å². The number of hydrogen-bond acceptors (Lipinski definition) is 3. The van der Waals surface area contributed by atoms with Gasteiger partial charge in [0.1, 0.15) is 23.2 Å². The number of rotatable bonds is 3. The third-order valence-corrected chi connectivity index (χ3v) is 5.04. The molecule has 1 unspecified atom stereocenters. The number of hydrogen-bond donors (Lipinski definition) is 1. The summed E-state index contributed by atoms with van der Waals surface area (Å²) in [4.78, 5) is 6.94. The first-order valence-corrected chi connectivity index (χ1v) is 9.05. The van der Waals surface area contributed by atoms with Crippen LogP contribution in [0.2, 0.25) is 0 Å². The molecule has 138 valence electrons. The van der Waals surface area contributed by atoms with Gasteiger partial charge in [-0.25, -0.2) is 13.8 Å². The molecule has 1 saturated heterocycles. The molecule has 0 saturated carbocycles. The number of nitrogens with zero attached hydrogens (tertiary/aromatic N) is 2. The Morgan fingerprint density at radius 3 is 2.63 bits per heavy atom. The molecule has 3 nitrogen and oxygen atoms in total. The molecule has 1 aromatic heterocycles. The fourth-order valence-electron chi connectivity index (χ4n) is 3.62. The van der Waals surface area contributed by atoms with Crippen molar-refractivity contribution >= 4 is 5.82 Å². The Morgan fingerprint density at radius 1 is 1.04 bits per heavy atom. The predicted octanol–water partition coefficient (Wildman–Crippen LogP) is 5.39. The summed E-state index contributed by atoms with van der Waals surface area (Å²) < 4.78 is 28.1. The molecular weight excluding hydrogens is 346 g/mol. The van der Waals surface area contributed by atoms with Gasteiger partial charge in [-0.15, -0.1) is 0 Å². The highest BCUT2D eigenvalue weighted by Gasteiger charge is 2.23. The fourth-order valence-corrected chi connectivity index (χ4v) is 3.62. The normalized spacial score (nSPS) is 16.7. The van der Waals surface area contributed by atoms with Gasteiger partial charge in [-0.2, -0.15) is 0 Å². The van der Waals surface area contributed by atoms with Crippen LogP contribution >= 0.6 is 0 Å². The van der Waals surface area contributed by atoms with Crippen molar-refractivity contribution in [1.29, 1.82) is 0 Å². The Kier molecular flexibility index (Phi) is 4.52. The Bertz CT molecular complexity index is 990. The smallest absolute Gasteiger partial charge is 0.131 e. The molecule has 0 bridgehead atoms. The van der Waals surface area contributed by atoms with E-state index in [1.165, 1.54) is 6.07 Å². The molecule has 1 aliphatic heterocycles. The van der Waals surface area contributed by atoms with E-state index >= 15 is 0 Å². The molecule has 0 amide bonds. The number of aromatic nitrogens is 1. The van der Waals surface area contributed by atoms with Crippen LogP contribution in [0.3, 0.4) is 0 Å². The monoisotopic (exact) mass is 366 g/mol. The standard InChI is InChI=1S/C22H20F2N2O/c1-14-4-3-9-26(14)22-12-16(19-13-17(23)7-8-20(19)24)11-21(25-22)15-5-2-6-18(27)10-15/h2,5-8,10-14,27H,3-4,9H2,1H3. The van der Waals surface area contributed by atoms with Gasteiger partial charge in [-0.05, 0) is 67.8 Å². The van der Waals surface area contributed by atoms with Crippen molar-refractivity contribution < 1.29 is 13.9 Å². The maximum atomic E-state index is 14.4. The number of benzene rings is 2. The van der Waals surface area contributed by atoms with E-state index in [0.29, 0.717) is 17.3 Å². The number of phenols is 1. The van der Waals surface area contributed by atoms with Gasteiger partial charge in [0, 0.05) is 23.7 Å². The zero-order valence-corrected chi connectivity index (χ0v) is 15.0. The van der Waals surface area contributed by atoms with Crippen LogP contribution in [0.4, 0.5) is 14.6 Å². The van der Waals surface area contributed by atoms with Gasteiger partial charge in [0.05, 0.1) is 5.69 Å². The lowest BCUT2D eigenvalue weighted by Crippen LogP contribution is -2.27. The average Bonchev–Trinajstić information content (AvgIpc) is 3.09. The zero-order valence-electron chi connectivity index (χ0n) is 15.0. The van der Waals surface area contributed by atoms with Crippen molar-refractivity contribution in [3.8, 4) is 28.1 Å². The van der Waals surface area contributed by atoms with Crippen LogP contribution in [0.25, 0.3) is 22.4 Å². The summed E-state index contributed by atoms with van der Waals surface area (Å²) in [5.41, 5.74) is 2.10. The molecule has 2 heterocycles. The van der Waals surface area contributed by atoms with E-state index in [9.17, 15) is 13.9 Å². The predicted molar refractivity (Wildman–Crippen MR) is 103 cm³/mol. The zero-order chi connectivity index (χ0) is 19.0. The molecule has 27 heavy (non-hydrogen) atoms. The summed E-state index contributed by atoms with van der Waals surface area (Å²) in [5.74, 6) is -0.102. The third-order valence-electron chi connectivity index (χ3n) is 5.04. The lowest BCUT2D eigenvalue weighted by atomic mass is 10.0.